The number of hydrogen-bond donors (Lipinski definition) is 1. The molecule has 2 rings (SSSR count). The minimum atomic E-state index is 1.14. The largest absolute Gasteiger partial charge is 0.355 e. The van der Waals surface area contributed by atoms with Crippen molar-refractivity contribution in [2.24, 2.45) is 0 Å². The first-order chi connectivity index (χ1) is 4.97. The predicted molar refractivity (Wildman–Crippen MR) is 43.5 cm³/mol. The normalized spacial score (nSPS) is 13.2. The average molecular weight is 147 g/mol. The van der Waals surface area contributed by atoms with E-state index in [9.17, 15) is 0 Å². The number of fused-ring (bicyclic) bond motifs is 1. The van der Waals surface area contributed by atoms with Gasteiger partial charge in [0.1, 0.15) is 0 Å². The maximum atomic E-state index is 3.11. The number of hydrogen-bond acceptors (Lipinski definition) is 1. The van der Waals surface area contributed by atoms with Gasteiger partial charge in [-0.05, 0) is 35.2 Å². The smallest absolute Gasteiger partial charge is 0.0923 e. The molecule has 1 aromatic rings. The van der Waals surface area contributed by atoms with Crippen molar-refractivity contribution in [3.63, 3.8) is 0 Å². The second-order valence-electron chi connectivity index (χ2n) is 1.94. The second-order valence-corrected chi connectivity index (χ2v) is 2.76. The molecule has 1 aromatic heterocycles. The van der Waals surface area contributed by atoms with Gasteiger partial charge in [0.2, 0.25) is 0 Å². The lowest BCUT2D eigenvalue weighted by atomic mass is 10.3. The highest BCUT2D eigenvalue weighted by molar-refractivity contribution is 8.03. The van der Waals surface area contributed by atoms with E-state index in [0.29, 0.717) is 0 Å². The molecule has 0 bridgehead atoms. The number of aromatic amines is 1. The lowest BCUT2D eigenvalue weighted by Crippen LogP contribution is -1.68. The molecule has 1 aliphatic heterocycles. The molecule has 1 nitrogen and oxygen atoms in total. The Balaban J connectivity index is 2.54. The third-order valence-corrected chi connectivity index (χ3v) is 2.08. The van der Waals surface area contributed by atoms with Crippen molar-refractivity contribution in [3.05, 3.63) is 23.9 Å². The molecule has 0 radical (unpaired) electrons. The molecule has 0 fully saturated rings. The number of thioether (sulfide) groups is 1. The zero-order valence-corrected chi connectivity index (χ0v) is 6.03. The molecule has 10 heavy (non-hydrogen) atoms. The van der Waals surface area contributed by atoms with E-state index in [4.69, 9.17) is 0 Å². The molecule has 0 unspecified atom stereocenters. The molecule has 0 aromatic carbocycles. The SMILES string of the molecule is C1#CSc2[nH]ccc2C=C1. The fourth-order valence-electron chi connectivity index (χ4n) is 0.832. The van der Waals surface area contributed by atoms with Gasteiger partial charge >= 0.3 is 0 Å². The van der Waals surface area contributed by atoms with E-state index in [2.05, 4.69) is 16.2 Å². The van der Waals surface area contributed by atoms with Crippen LogP contribution in [0.15, 0.2) is 23.4 Å². The number of allylic oxidation sites excluding steroid dienone is 1. The van der Waals surface area contributed by atoms with Crippen molar-refractivity contribution in [1.29, 1.82) is 0 Å². The maximum Gasteiger partial charge on any atom is 0.0923 e. The third-order valence-electron chi connectivity index (χ3n) is 1.30. The van der Waals surface area contributed by atoms with Crippen LogP contribution in [-0.4, -0.2) is 4.98 Å². The van der Waals surface area contributed by atoms with Gasteiger partial charge in [0.25, 0.3) is 0 Å². The summed E-state index contributed by atoms with van der Waals surface area (Å²) in [4.78, 5) is 3.11. The Morgan fingerprint density at radius 3 is 3.50 bits per heavy atom. The van der Waals surface area contributed by atoms with Crippen LogP contribution in [0.1, 0.15) is 5.56 Å². The van der Waals surface area contributed by atoms with E-state index in [1.54, 1.807) is 0 Å². The minimum absolute atomic E-state index is 1.14. The predicted octanol–water partition coefficient (Wildman–Crippen LogP) is 2.09. The van der Waals surface area contributed by atoms with Gasteiger partial charge in [-0.15, -0.1) is 0 Å². The fourth-order valence-corrected chi connectivity index (χ4v) is 1.44. The summed E-state index contributed by atoms with van der Waals surface area (Å²) >= 11 is 1.54. The molecule has 48 valence electrons. The Morgan fingerprint density at radius 2 is 2.50 bits per heavy atom. The van der Waals surface area contributed by atoms with Gasteiger partial charge in [-0.2, -0.15) is 0 Å². The molecule has 1 aliphatic rings. The molecule has 0 saturated heterocycles. The average Bonchev–Trinajstić information content (AvgIpc) is 2.28. The van der Waals surface area contributed by atoms with Crippen molar-refractivity contribution in [1.82, 2.24) is 4.98 Å². The Bertz CT molecular complexity index is 325. The van der Waals surface area contributed by atoms with Crippen molar-refractivity contribution in [3.8, 4) is 11.2 Å². The van der Waals surface area contributed by atoms with Crippen LogP contribution in [0.2, 0.25) is 0 Å². The van der Waals surface area contributed by atoms with Crippen LogP contribution in [0.3, 0.4) is 0 Å². The van der Waals surface area contributed by atoms with Crippen molar-refractivity contribution < 1.29 is 0 Å². The van der Waals surface area contributed by atoms with Crippen LogP contribution in [-0.2, 0) is 0 Å². The molecule has 0 atom stereocenters. The summed E-state index contributed by atoms with van der Waals surface area (Å²) in [5.41, 5.74) is 1.21. The van der Waals surface area contributed by atoms with Crippen molar-refractivity contribution in [2.75, 3.05) is 0 Å². The van der Waals surface area contributed by atoms with E-state index >= 15 is 0 Å². The minimum Gasteiger partial charge on any atom is -0.355 e. The lowest BCUT2D eigenvalue weighted by molar-refractivity contribution is 1.20. The molecular weight excluding hydrogens is 142 g/mol. The molecule has 2 heterocycles. The number of H-pyrrole nitrogens is 1. The first-order valence-electron chi connectivity index (χ1n) is 2.98. The van der Waals surface area contributed by atoms with Crippen LogP contribution in [0.25, 0.3) is 6.08 Å². The number of aromatic nitrogens is 1. The van der Waals surface area contributed by atoms with Crippen LogP contribution in [0.4, 0.5) is 0 Å². The summed E-state index contributed by atoms with van der Waals surface area (Å²) in [6.07, 6.45) is 5.81. The first kappa shape index (κ1) is 5.70. The molecule has 0 saturated carbocycles. The number of nitrogens with one attached hydrogen (secondary N) is 1. The zero-order valence-electron chi connectivity index (χ0n) is 5.22. The summed E-state index contributed by atoms with van der Waals surface area (Å²) in [7, 11) is 0. The van der Waals surface area contributed by atoms with Crippen LogP contribution >= 0.6 is 11.8 Å². The summed E-state index contributed by atoms with van der Waals surface area (Å²) in [6.45, 7) is 0. The molecule has 0 spiro atoms. The Labute approximate surface area is 63.5 Å². The number of rotatable bonds is 0. The Kier molecular flexibility index (Phi) is 1.30. The summed E-state index contributed by atoms with van der Waals surface area (Å²) in [5, 5.41) is 4.08. The monoisotopic (exact) mass is 147 g/mol. The second kappa shape index (κ2) is 2.28. The highest BCUT2D eigenvalue weighted by Gasteiger charge is 1.99. The van der Waals surface area contributed by atoms with E-state index < -0.39 is 0 Å². The van der Waals surface area contributed by atoms with E-state index in [-0.39, 0.29) is 0 Å². The molecular formula is C8H5NS. The van der Waals surface area contributed by atoms with Crippen LogP contribution in [0, 0.1) is 11.2 Å². The van der Waals surface area contributed by atoms with Crippen LogP contribution < -0.4 is 0 Å². The summed E-state index contributed by atoms with van der Waals surface area (Å²) in [6, 6.07) is 2.04. The van der Waals surface area contributed by atoms with Gasteiger partial charge in [-0.3, -0.25) is 0 Å². The van der Waals surface area contributed by atoms with E-state index in [0.717, 1.165) is 5.03 Å². The standard InChI is InChI=1S/C8H5NS/c1-2-6-10-8-7(3-1)4-5-9-8/h1,3-5,9H. The summed E-state index contributed by atoms with van der Waals surface area (Å²) < 4.78 is 0. The van der Waals surface area contributed by atoms with Gasteiger partial charge in [-0.25, -0.2) is 0 Å². The van der Waals surface area contributed by atoms with Crippen LogP contribution in [0.5, 0.6) is 0 Å². The molecule has 2 heteroatoms. The van der Waals surface area contributed by atoms with Gasteiger partial charge in [0, 0.05) is 11.8 Å². The zero-order chi connectivity index (χ0) is 6.81. The van der Waals surface area contributed by atoms with E-state index in [1.807, 2.05) is 24.4 Å². The fraction of sp³-hybridized carbons (Fsp3) is 0. The Hall–Kier alpha value is -1.07. The van der Waals surface area contributed by atoms with E-state index in [1.165, 1.54) is 17.3 Å². The molecule has 0 amide bonds. The Morgan fingerprint density at radius 1 is 1.50 bits per heavy atom. The maximum absolute atomic E-state index is 3.11. The van der Waals surface area contributed by atoms with Gasteiger partial charge in [0.05, 0.1) is 5.03 Å². The summed E-state index contributed by atoms with van der Waals surface area (Å²) in [5.74, 6) is 2.89. The highest BCUT2D eigenvalue weighted by Crippen LogP contribution is 2.22. The highest BCUT2D eigenvalue weighted by atomic mass is 32.2. The van der Waals surface area contributed by atoms with Crippen molar-refractivity contribution in [2.45, 2.75) is 5.03 Å². The van der Waals surface area contributed by atoms with Gasteiger partial charge in [-0.1, -0.05) is 5.92 Å². The third kappa shape index (κ3) is 0.850. The van der Waals surface area contributed by atoms with Crippen molar-refractivity contribution >= 4 is 17.8 Å². The topological polar surface area (TPSA) is 15.8 Å². The van der Waals surface area contributed by atoms with Gasteiger partial charge in [0.15, 0.2) is 0 Å². The first-order valence-corrected chi connectivity index (χ1v) is 3.80. The molecule has 0 aliphatic carbocycles. The lowest BCUT2D eigenvalue weighted by Gasteiger charge is -1.87. The quantitative estimate of drug-likeness (QED) is 0.555. The molecule has 1 N–H and O–H groups in total. The van der Waals surface area contributed by atoms with Gasteiger partial charge < -0.3 is 4.98 Å².